The Labute approximate surface area is 123 Å². The van der Waals surface area contributed by atoms with Crippen LogP contribution in [0.2, 0.25) is 0 Å². The minimum Gasteiger partial charge on any atom is -0.395 e. The van der Waals surface area contributed by atoms with Crippen molar-refractivity contribution in [1.82, 2.24) is 9.88 Å². The van der Waals surface area contributed by atoms with Crippen LogP contribution in [0.1, 0.15) is 5.69 Å². The van der Waals surface area contributed by atoms with Gasteiger partial charge in [0, 0.05) is 30.7 Å². The summed E-state index contributed by atoms with van der Waals surface area (Å²) >= 11 is 1.59. The molecular formula is C15H19N3OS. The summed E-state index contributed by atoms with van der Waals surface area (Å²) in [6.45, 7) is 5.98. The maximum absolute atomic E-state index is 9.04. The number of hydrogen-bond donors (Lipinski definition) is 2. The van der Waals surface area contributed by atoms with Crippen molar-refractivity contribution >= 4 is 22.2 Å². The van der Waals surface area contributed by atoms with Crippen LogP contribution < -0.4 is 5.32 Å². The van der Waals surface area contributed by atoms with Gasteiger partial charge in [0.05, 0.1) is 12.3 Å². The predicted molar refractivity (Wildman–Crippen MR) is 84.4 cm³/mol. The Morgan fingerprint density at radius 1 is 1.35 bits per heavy atom. The monoisotopic (exact) mass is 289 g/mol. The average molecular weight is 289 g/mol. The van der Waals surface area contributed by atoms with Gasteiger partial charge in [0.25, 0.3) is 0 Å². The van der Waals surface area contributed by atoms with Crippen molar-refractivity contribution in [2.45, 2.75) is 6.54 Å². The number of nitrogens with one attached hydrogen (secondary N) is 1. The van der Waals surface area contributed by atoms with E-state index in [1.54, 1.807) is 11.3 Å². The van der Waals surface area contributed by atoms with E-state index in [9.17, 15) is 0 Å². The maximum atomic E-state index is 9.04. The molecule has 0 aliphatic rings. The fraction of sp³-hybridized carbons (Fsp3) is 0.267. The van der Waals surface area contributed by atoms with E-state index < -0.39 is 0 Å². The molecule has 0 saturated carbocycles. The summed E-state index contributed by atoms with van der Waals surface area (Å²) in [7, 11) is 0. The van der Waals surface area contributed by atoms with Crippen LogP contribution in [-0.4, -0.2) is 34.7 Å². The Balaban J connectivity index is 1.96. The van der Waals surface area contributed by atoms with Gasteiger partial charge >= 0.3 is 0 Å². The highest BCUT2D eigenvalue weighted by Gasteiger charge is 2.07. The number of benzene rings is 1. The van der Waals surface area contributed by atoms with Crippen molar-refractivity contribution < 1.29 is 5.11 Å². The number of aliphatic hydroxyl groups is 1. The minimum absolute atomic E-state index is 0.146. The van der Waals surface area contributed by atoms with Crippen molar-refractivity contribution in [2.75, 3.05) is 25.0 Å². The van der Waals surface area contributed by atoms with Gasteiger partial charge < -0.3 is 10.4 Å². The molecule has 1 heterocycles. The SMILES string of the molecule is C=CCN(CCO)Cc1csc(Nc2ccccc2)n1. The lowest BCUT2D eigenvalue weighted by Gasteiger charge is -2.17. The third-order valence-electron chi connectivity index (χ3n) is 2.77. The second kappa shape index (κ2) is 7.79. The van der Waals surface area contributed by atoms with Gasteiger partial charge in [-0.3, -0.25) is 4.90 Å². The molecular weight excluding hydrogens is 270 g/mol. The van der Waals surface area contributed by atoms with Crippen molar-refractivity contribution in [3.63, 3.8) is 0 Å². The average Bonchev–Trinajstić information content (AvgIpc) is 2.88. The molecule has 20 heavy (non-hydrogen) atoms. The van der Waals surface area contributed by atoms with Gasteiger partial charge in [0.2, 0.25) is 0 Å². The smallest absolute Gasteiger partial charge is 0.187 e. The van der Waals surface area contributed by atoms with E-state index in [2.05, 4.69) is 21.8 Å². The fourth-order valence-electron chi connectivity index (χ4n) is 1.87. The molecule has 0 spiro atoms. The summed E-state index contributed by atoms with van der Waals surface area (Å²) in [5.74, 6) is 0. The zero-order valence-electron chi connectivity index (χ0n) is 11.3. The molecule has 0 radical (unpaired) electrons. The van der Waals surface area contributed by atoms with Gasteiger partial charge in [-0.25, -0.2) is 4.98 Å². The second-order valence-corrected chi connectivity index (χ2v) is 5.24. The summed E-state index contributed by atoms with van der Waals surface area (Å²) < 4.78 is 0. The van der Waals surface area contributed by atoms with Crippen molar-refractivity contribution in [3.05, 3.63) is 54.1 Å². The number of rotatable bonds is 8. The third kappa shape index (κ3) is 4.45. The maximum Gasteiger partial charge on any atom is 0.187 e. The largest absolute Gasteiger partial charge is 0.395 e. The normalized spacial score (nSPS) is 10.7. The van der Waals surface area contributed by atoms with Gasteiger partial charge in [-0.05, 0) is 12.1 Å². The van der Waals surface area contributed by atoms with Gasteiger partial charge in [-0.15, -0.1) is 17.9 Å². The molecule has 0 unspecified atom stereocenters. The fourth-order valence-corrected chi connectivity index (χ4v) is 2.59. The lowest BCUT2D eigenvalue weighted by molar-refractivity contribution is 0.202. The molecule has 0 aliphatic heterocycles. The Morgan fingerprint density at radius 3 is 2.85 bits per heavy atom. The van der Waals surface area contributed by atoms with Gasteiger partial charge in [0.1, 0.15) is 0 Å². The zero-order valence-corrected chi connectivity index (χ0v) is 12.1. The molecule has 0 aliphatic carbocycles. The van der Waals surface area contributed by atoms with Crippen molar-refractivity contribution in [3.8, 4) is 0 Å². The lowest BCUT2D eigenvalue weighted by Crippen LogP contribution is -2.26. The minimum atomic E-state index is 0.146. The first-order valence-corrected chi connectivity index (χ1v) is 7.40. The van der Waals surface area contributed by atoms with Crippen LogP contribution in [0.5, 0.6) is 0 Å². The first kappa shape index (κ1) is 14.7. The van der Waals surface area contributed by atoms with Crippen LogP contribution in [0, 0.1) is 0 Å². The predicted octanol–water partition coefficient (Wildman–Crippen LogP) is 2.87. The number of para-hydroxylation sites is 1. The molecule has 1 aromatic carbocycles. The molecule has 0 saturated heterocycles. The van der Waals surface area contributed by atoms with E-state index in [4.69, 9.17) is 5.11 Å². The molecule has 1 aromatic heterocycles. The summed E-state index contributed by atoms with van der Waals surface area (Å²) in [5.41, 5.74) is 2.04. The third-order valence-corrected chi connectivity index (χ3v) is 3.57. The Morgan fingerprint density at radius 2 is 2.15 bits per heavy atom. The van der Waals surface area contributed by atoms with Gasteiger partial charge in [-0.2, -0.15) is 0 Å². The van der Waals surface area contributed by atoms with Gasteiger partial charge in [-0.1, -0.05) is 24.3 Å². The summed E-state index contributed by atoms with van der Waals surface area (Å²) in [5, 5.41) is 15.2. The highest BCUT2D eigenvalue weighted by atomic mass is 32.1. The number of thiazole rings is 1. The number of hydrogen-bond acceptors (Lipinski definition) is 5. The quantitative estimate of drug-likeness (QED) is 0.734. The lowest BCUT2D eigenvalue weighted by atomic mass is 10.3. The molecule has 0 bridgehead atoms. The molecule has 4 nitrogen and oxygen atoms in total. The zero-order chi connectivity index (χ0) is 14.2. The number of anilines is 2. The Hall–Kier alpha value is -1.69. The topological polar surface area (TPSA) is 48.4 Å². The van der Waals surface area contributed by atoms with Crippen LogP contribution in [0.15, 0.2) is 48.4 Å². The summed E-state index contributed by atoms with van der Waals surface area (Å²) in [6.07, 6.45) is 1.84. The van der Waals surface area contributed by atoms with Crippen molar-refractivity contribution in [1.29, 1.82) is 0 Å². The van der Waals surface area contributed by atoms with Crippen LogP contribution in [0.3, 0.4) is 0 Å². The van der Waals surface area contributed by atoms with Crippen molar-refractivity contribution in [2.24, 2.45) is 0 Å². The molecule has 2 N–H and O–H groups in total. The molecule has 0 fully saturated rings. The van der Waals surface area contributed by atoms with Crippen LogP contribution in [-0.2, 0) is 6.54 Å². The molecule has 106 valence electrons. The number of nitrogens with zero attached hydrogens (tertiary/aromatic N) is 2. The van der Waals surface area contributed by atoms with E-state index >= 15 is 0 Å². The number of aromatic nitrogens is 1. The van der Waals surface area contributed by atoms with E-state index in [1.807, 2.05) is 41.8 Å². The van der Waals surface area contributed by atoms with E-state index in [1.165, 1.54) is 0 Å². The van der Waals surface area contributed by atoms with E-state index in [0.29, 0.717) is 6.54 Å². The van der Waals surface area contributed by atoms with Crippen LogP contribution in [0.25, 0.3) is 0 Å². The second-order valence-electron chi connectivity index (χ2n) is 4.38. The summed E-state index contributed by atoms with van der Waals surface area (Å²) in [6, 6.07) is 9.99. The van der Waals surface area contributed by atoms with Crippen LogP contribution in [0.4, 0.5) is 10.8 Å². The Kier molecular flexibility index (Phi) is 5.73. The first-order chi connectivity index (χ1) is 9.81. The molecule has 5 heteroatoms. The van der Waals surface area contributed by atoms with Gasteiger partial charge in [0.15, 0.2) is 5.13 Å². The Bertz CT molecular complexity index is 527. The molecule has 2 aromatic rings. The van der Waals surface area contributed by atoms with E-state index in [-0.39, 0.29) is 6.61 Å². The van der Waals surface area contributed by atoms with Crippen LogP contribution >= 0.6 is 11.3 Å². The first-order valence-electron chi connectivity index (χ1n) is 6.52. The van der Waals surface area contributed by atoms with E-state index in [0.717, 1.165) is 29.6 Å². The highest BCUT2D eigenvalue weighted by Crippen LogP contribution is 2.21. The molecule has 0 amide bonds. The molecule has 0 atom stereocenters. The highest BCUT2D eigenvalue weighted by molar-refractivity contribution is 7.13. The standard InChI is InChI=1S/C15H19N3OS/c1-2-8-18(9-10-19)11-14-12-20-15(17-14)16-13-6-4-3-5-7-13/h2-7,12,19H,1,8-11H2,(H,16,17). The summed E-state index contributed by atoms with van der Waals surface area (Å²) in [4.78, 5) is 6.67. The molecule has 2 rings (SSSR count). The number of aliphatic hydroxyl groups excluding tert-OH is 1.